The van der Waals surface area contributed by atoms with Crippen molar-refractivity contribution in [2.24, 2.45) is 0 Å². The Morgan fingerprint density at radius 1 is 1.05 bits per heavy atom. The molecule has 0 fully saturated rings. The minimum absolute atomic E-state index is 0.858. The number of aryl methyl sites for hydroxylation is 1. The van der Waals surface area contributed by atoms with Crippen molar-refractivity contribution in [2.75, 3.05) is 0 Å². The maximum atomic E-state index is 4.32. The zero-order chi connectivity index (χ0) is 13.2. The monoisotopic (exact) mass is 252 g/mol. The smallest absolute Gasteiger partial charge is 0.0991 e. The van der Waals surface area contributed by atoms with Gasteiger partial charge in [-0.2, -0.15) is 0 Å². The summed E-state index contributed by atoms with van der Waals surface area (Å²) < 4.78 is 4.16. The Bertz CT molecular complexity index is 663. The molecular formula is C15H16N4. The van der Waals surface area contributed by atoms with Gasteiger partial charge in [0.1, 0.15) is 0 Å². The van der Waals surface area contributed by atoms with Gasteiger partial charge in [-0.15, -0.1) is 0 Å². The van der Waals surface area contributed by atoms with E-state index in [4.69, 9.17) is 0 Å². The molecular weight excluding hydrogens is 236 g/mol. The second kappa shape index (κ2) is 4.72. The van der Waals surface area contributed by atoms with Crippen molar-refractivity contribution in [3.63, 3.8) is 0 Å². The summed E-state index contributed by atoms with van der Waals surface area (Å²) in [6.07, 6.45) is 7.43. The van der Waals surface area contributed by atoms with Gasteiger partial charge < -0.3 is 9.13 Å². The van der Waals surface area contributed by atoms with Crippen molar-refractivity contribution in [1.29, 1.82) is 0 Å². The van der Waals surface area contributed by atoms with Crippen LogP contribution in [0, 0.1) is 13.8 Å². The maximum absolute atomic E-state index is 4.32. The van der Waals surface area contributed by atoms with E-state index in [-0.39, 0.29) is 0 Å². The van der Waals surface area contributed by atoms with Gasteiger partial charge in [-0.3, -0.25) is 0 Å². The lowest BCUT2D eigenvalue weighted by Gasteiger charge is -2.07. The van der Waals surface area contributed by atoms with Crippen molar-refractivity contribution in [3.05, 3.63) is 66.3 Å². The van der Waals surface area contributed by atoms with Gasteiger partial charge in [0.25, 0.3) is 0 Å². The molecule has 4 heteroatoms. The molecule has 0 atom stereocenters. The lowest BCUT2D eigenvalue weighted by Crippen LogP contribution is -2.01. The Morgan fingerprint density at radius 2 is 1.84 bits per heavy atom. The van der Waals surface area contributed by atoms with Gasteiger partial charge in [-0.1, -0.05) is 12.1 Å². The van der Waals surface area contributed by atoms with E-state index in [2.05, 4.69) is 45.7 Å². The lowest BCUT2D eigenvalue weighted by atomic mass is 10.2. The van der Waals surface area contributed by atoms with Crippen LogP contribution < -0.4 is 0 Å². The Labute approximate surface area is 112 Å². The van der Waals surface area contributed by atoms with Crippen molar-refractivity contribution < 1.29 is 0 Å². The fraction of sp³-hybridized carbons (Fsp3) is 0.200. The summed E-state index contributed by atoms with van der Waals surface area (Å²) in [6, 6.07) is 8.50. The SMILES string of the molecule is Cc1ncn(Cc2ccc(-n3ccnc3)cc2)c1C. The van der Waals surface area contributed by atoms with E-state index in [0.717, 1.165) is 17.9 Å². The molecule has 3 aromatic rings. The molecule has 0 aliphatic carbocycles. The Morgan fingerprint density at radius 3 is 2.42 bits per heavy atom. The van der Waals surface area contributed by atoms with E-state index < -0.39 is 0 Å². The molecule has 0 bridgehead atoms. The topological polar surface area (TPSA) is 35.6 Å². The fourth-order valence-corrected chi connectivity index (χ4v) is 2.09. The largest absolute Gasteiger partial charge is 0.330 e. The van der Waals surface area contributed by atoms with Crippen LogP contribution in [0.25, 0.3) is 5.69 Å². The summed E-state index contributed by atoms with van der Waals surface area (Å²) in [5.41, 5.74) is 4.71. The highest BCUT2D eigenvalue weighted by molar-refractivity contribution is 5.34. The molecule has 2 aromatic heterocycles. The molecule has 0 aliphatic rings. The average Bonchev–Trinajstić information content (AvgIpc) is 3.06. The van der Waals surface area contributed by atoms with Crippen LogP contribution in [-0.4, -0.2) is 19.1 Å². The summed E-state index contributed by atoms with van der Waals surface area (Å²) in [5, 5.41) is 0. The van der Waals surface area contributed by atoms with Crippen molar-refractivity contribution in [2.45, 2.75) is 20.4 Å². The Kier molecular flexibility index (Phi) is 2.91. The highest BCUT2D eigenvalue weighted by Gasteiger charge is 2.03. The van der Waals surface area contributed by atoms with Gasteiger partial charge >= 0.3 is 0 Å². The van der Waals surface area contributed by atoms with Crippen LogP contribution in [0.5, 0.6) is 0 Å². The van der Waals surface area contributed by atoms with E-state index in [0.29, 0.717) is 0 Å². The van der Waals surface area contributed by atoms with Gasteiger partial charge in [-0.05, 0) is 31.5 Å². The number of benzene rings is 1. The summed E-state index contributed by atoms with van der Waals surface area (Å²) in [5.74, 6) is 0. The predicted octanol–water partition coefficient (Wildman–Crippen LogP) is 2.73. The second-order valence-electron chi connectivity index (χ2n) is 4.68. The van der Waals surface area contributed by atoms with Gasteiger partial charge in [0, 0.05) is 30.3 Å². The van der Waals surface area contributed by atoms with Crippen LogP contribution in [0.15, 0.2) is 49.3 Å². The Balaban J connectivity index is 1.82. The van der Waals surface area contributed by atoms with Crippen molar-refractivity contribution in [1.82, 2.24) is 19.1 Å². The van der Waals surface area contributed by atoms with Gasteiger partial charge in [0.2, 0.25) is 0 Å². The third-order valence-corrected chi connectivity index (χ3v) is 3.44. The number of aromatic nitrogens is 4. The number of hydrogen-bond donors (Lipinski definition) is 0. The first-order chi connectivity index (χ1) is 9.24. The first kappa shape index (κ1) is 11.7. The zero-order valence-electron chi connectivity index (χ0n) is 11.1. The third-order valence-electron chi connectivity index (χ3n) is 3.44. The second-order valence-corrected chi connectivity index (χ2v) is 4.68. The van der Waals surface area contributed by atoms with Crippen molar-refractivity contribution >= 4 is 0 Å². The van der Waals surface area contributed by atoms with Gasteiger partial charge in [0.15, 0.2) is 0 Å². The quantitative estimate of drug-likeness (QED) is 0.718. The molecule has 3 rings (SSSR count). The molecule has 0 saturated heterocycles. The molecule has 0 spiro atoms. The molecule has 19 heavy (non-hydrogen) atoms. The molecule has 2 heterocycles. The molecule has 0 radical (unpaired) electrons. The first-order valence-corrected chi connectivity index (χ1v) is 6.29. The minimum atomic E-state index is 0.858. The summed E-state index contributed by atoms with van der Waals surface area (Å²) in [7, 11) is 0. The molecule has 4 nitrogen and oxygen atoms in total. The third kappa shape index (κ3) is 2.29. The van der Waals surface area contributed by atoms with Crippen molar-refractivity contribution in [3.8, 4) is 5.69 Å². The highest BCUT2D eigenvalue weighted by Crippen LogP contribution is 2.12. The maximum Gasteiger partial charge on any atom is 0.0991 e. The fourth-order valence-electron chi connectivity index (χ4n) is 2.09. The van der Waals surface area contributed by atoms with E-state index in [1.807, 2.05) is 24.0 Å². The molecule has 96 valence electrons. The van der Waals surface area contributed by atoms with E-state index in [9.17, 15) is 0 Å². The van der Waals surface area contributed by atoms with Crippen LogP contribution >= 0.6 is 0 Å². The predicted molar refractivity (Wildman–Crippen MR) is 74.4 cm³/mol. The van der Waals surface area contributed by atoms with Crippen LogP contribution in [0.4, 0.5) is 0 Å². The molecule has 0 amide bonds. The van der Waals surface area contributed by atoms with Crippen LogP contribution in [-0.2, 0) is 6.54 Å². The van der Waals surface area contributed by atoms with Crippen LogP contribution in [0.2, 0.25) is 0 Å². The van der Waals surface area contributed by atoms with Crippen LogP contribution in [0.3, 0.4) is 0 Å². The van der Waals surface area contributed by atoms with E-state index >= 15 is 0 Å². The number of hydrogen-bond acceptors (Lipinski definition) is 2. The lowest BCUT2D eigenvalue weighted by molar-refractivity contribution is 0.768. The van der Waals surface area contributed by atoms with E-state index in [1.165, 1.54) is 11.3 Å². The highest BCUT2D eigenvalue weighted by atomic mass is 15.1. The first-order valence-electron chi connectivity index (χ1n) is 6.29. The average molecular weight is 252 g/mol. The molecule has 0 unspecified atom stereocenters. The molecule has 0 saturated carbocycles. The number of rotatable bonds is 3. The zero-order valence-corrected chi connectivity index (χ0v) is 11.1. The van der Waals surface area contributed by atoms with Gasteiger partial charge in [0.05, 0.1) is 18.3 Å². The van der Waals surface area contributed by atoms with Crippen LogP contribution in [0.1, 0.15) is 17.0 Å². The Hall–Kier alpha value is -2.36. The molecule has 0 N–H and O–H groups in total. The normalized spacial score (nSPS) is 10.8. The van der Waals surface area contributed by atoms with E-state index in [1.54, 1.807) is 12.5 Å². The summed E-state index contributed by atoms with van der Waals surface area (Å²) in [4.78, 5) is 8.37. The number of imidazole rings is 2. The molecule has 1 aromatic carbocycles. The standard InChI is InChI=1S/C15H16N4/c1-12-13(2)19(11-17-12)9-14-3-5-15(6-4-14)18-8-7-16-10-18/h3-8,10-11H,9H2,1-2H3. The summed E-state index contributed by atoms with van der Waals surface area (Å²) >= 11 is 0. The minimum Gasteiger partial charge on any atom is -0.330 e. The molecule has 0 aliphatic heterocycles. The summed E-state index contributed by atoms with van der Waals surface area (Å²) in [6.45, 7) is 4.99. The number of nitrogens with zero attached hydrogens (tertiary/aromatic N) is 4. The van der Waals surface area contributed by atoms with Gasteiger partial charge in [-0.25, -0.2) is 9.97 Å².